The standard InChI is InChI=1S/C19H18N8O3/c28-18(24-11-3-4-11)15-14(8-30-27-15)26-19(29)16-17(23-12-5-20-9-21-6-12)22-7-13(25-16)10-1-2-10/h5-11H,1-4H2,(H,22,23)(H,24,28)(H,26,29). The van der Waals surface area contributed by atoms with Gasteiger partial charge in [0.2, 0.25) is 0 Å². The maximum absolute atomic E-state index is 13.0. The van der Waals surface area contributed by atoms with Gasteiger partial charge >= 0.3 is 0 Å². The number of amides is 2. The minimum absolute atomic E-state index is 0.0209. The van der Waals surface area contributed by atoms with E-state index in [9.17, 15) is 9.59 Å². The van der Waals surface area contributed by atoms with Crippen LogP contribution >= 0.6 is 0 Å². The Balaban J connectivity index is 1.41. The fourth-order valence-corrected chi connectivity index (χ4v) is 2.88. The Bertz CT molecular complexity index is 1090. The molecule has 0 saturated heterocycles. The predicted molar refractivity (Wildman–Crippen MR) is 104 cm³/mol. The SMILES string of the molecule is O=C(NC1CC1)c1nocc1NC(=O)c1nc(C2CC2)cnc1Nc1cncnc1. The van der Waals surface area contributed by atoms with Gasteiger partial charge in [-0.25, -0.2) is 19.9 Å². The summed E-state index contributed by atoms with van der Waals surface area (Å²) in [6.07, 6.45) is 11.3. The molecule has 3 N–H and O–H groups in total. The minimum atomic E-state index is -0.534. The van der Waals surface area contributed by atoms with Gasteiger partial charge in [-0.15, -0.1) is 0 Å². The highest BCUT2D eigenvalue weighted by atomic mass is 16.5. The lowest BCUT2D eigenvalue weighted by atomic mass is 10.2. The number of hydrogen-bond donors (Lipinski definition) is 3. The number of anilines is 3. The zero-order valence-electron chi connectivity index (χ0n) is 15.8. The summed E-state index contributed by atoms with van der Waals surface area (Å²) < 4.78 is 4.91. The van der Waals surface area contributed by atoms with E-state index in [4.69, 9.17) is 4.52 Å². The van der Waals surface area contributed by atoms with Crippen LogP contribution in [0, 0.1) is 0 Å². The van der Waals surface area contributed by atoms with Crippen LogP contribution in [0.3, 0.4) is 0 Å². The molecule has 2 aliphatic rings. The highest BCUT2D eigenvalue weighted by Crippen LogP contribution is 2.39. The van der Waals surface area contributed by atoms with Gasteiger partial charge in [-0.3, -0.25) is 9.59 Å². The molecule has 11 heteroatoms. The summed E-state index contributed by atoms with van der Waals surface area (Å²) in [4.78, 5) is 42.1. The Morgan fingerprint density at radius 2 is 1.80 bits per heavy atom. The number of nitrogens with zero attached hydrogens (tertiary/aromatic N) is 5. The molecule has 0 spiro atoms. The molecule has 5 rings (SSSR count). The number of aromatic nitrogens is 5. The van der Waals surface area contributed by atoms with Crippen molar-refractivity contribution in [2.75, 3.05) is 10.6 Å². The maximum Gasteiger partial charge on any atom is 0.278 e. The molecule has 2 saturated carbocycles. The normalized spacial score (nSPS) is 15.5. The Morgan fingerprint density at radius 1 is 1.00 bits per heavy atom. The van der Waals surface area contributed by atoms with E-state index in [2.05, 4.69) is 41.0 Å². The molecule has 11 nitrogen and oxygen atoms in total. The van der Waals surface area contributed by atoms with E-state index < -0.39 is 5.91 Å². The third-order valence-electron chi connectivity index (χ3n) is 4.77. The topological polar surface area (TPSA) is 148 Å². The van der Waals surface area contributed by atoms with Crippen LogP contribution in [0.15, 0.2) is 35.7 Å². The summed E-state index contributed by atoms with van der Waals surface area (Å²) in [5, 5.41) is 12.2. The van der Waals surface area contributed by atoms with Crippen LogP contribution in [-0.4, -0.2) is 42.9 Å². The van der Waals surface area contributed by atoms with Crippen LogP contribution in [0.1, 0.15) is 58.3 Å². The summed E-state index contributed by atoms with van der Waals surface area (Å²) >= 11 is 0. The lowest BCUT2D eigenvalue weighted by Crippen LogP contribution is -2.27. The molecule has 0 radical (unpaired) electrons. The summed E-state index contributed by atoms with van der Waals surface area (Å²) in [5.74, 6) is -0.354. The van der Waals surface area contributed by atoms with Crippen LogP contribution in [0.4, 0.5) is 17.2 Å². The largest absolute Gasteiger partial charge is 0.362 e. The van der Waals surface area contributed by atoms with Gasteiger partial charge in [-0.05, 0) is 25.7 Å². The quantitative estimate of drug-likeness (QED) is 0.536. The summed E-state index contributed by atoms with van der Waals surface area (Å²) in [6.45, 7) is 0. The molecular formula is C19H18N8O3. The van der Waals surface area contributed by atoms with Crippen molar-refractivity contribution in [1.29, 1.82) is 0 Å². The molecule has 3 heterocycles. The number of nitrogens with one attached hydrogen (secondary N) is 3. The molecule has 0 aromatic carbocycles. The van der Waals surface area contributed by atoms with E-state index in [0.29, 0.717) is 11.6 Å². The molecule has 0 atom stereocenters. The van der Waals surface area contributed by atoms with E-state index >= 15 is 0 Å². The van der Waals surface area contributed by atoms with Crippen molar-refractivity contribution < 1.29 is 14.1 Å². The average Bonchev–Trinajstić information content (AvgIpc) is 3.69. The first-order valence-corrected chi connectivity index (χ1v) is 9.63. The van der Waals surface area contributed by atoms with Gasteiger partial charge in [0, 0.05) is 12.0 Å². The molecule has 0 unspecified atom stereocenters. The van der Waals surface area contributed by atoms with Crippen LogP contribution in [0.25, 0.3) is 0 Å². The first kappa shape index (κ1) is 18.2. The smallest absolute Gasteiger partial charge is 0.278 e. The lowest BCUT2D eigenvalue weighted by Gasteiger charge is -2.11. The highest BCUT2D eigenvalue weighted by Gasteiger charge is 2.30. The molecule has 2 aliphatic carbocycles. The van der Waals surface area contributed by atoms with Crippen molar-refractivity contribution in [1.82, 2.24) is 30.4 Å². The lowest BCUT2D eigenvalue weighted by molar-refractivity contribution is 0.0942. The zero-order chi connectivity index (χ0) is 20.5. The van der Waals surface area contributed by atoms with Crippen molar-refractivity contribution >= 4 is 29.0 Å². The zero-order valence-corrected chi connectivity index (χ0v) is 15.8. The van der Waals surface area contributed by atoms with Gasteiger partial charge in [-0.1, -0.05) is 5.16 Å². The van der Waals surface area contributed by atoms with Crippen LogP contribution in [0.5, 0.6) is 0 Å². The monoisotopic (exact) mass is 406 g/mol. The second-order valence-corrected chi connectivity index (χ2v) is 7.30. The fourth-order valence-electron chi connectivity index (χ4n) is 2.88. The first-order chi connectivity index (χ1) is 14.7. The summed E-state index contributed by atoms with van der Waals surface area (Å²) in [5.41, 5.74) is 1.61. The number of rotatable bonds is 7. The van der Waals surface area contributed by atoms with Crippen LogP contribution in [-0.2, 0) is 0 Å². The molecule has 3 aromatic rings. The predicted octanol–water partition coefficient (Wildman–Crippen LogP) is 2.02. The second-order valence-electron chi connectivity index (χ2n) is 7.30. The Hall–Kier alpha value is -3.89. The molecule has 0 aliphatic heterocycles. The Kier molecular flexibility index (Phi) is 4.54. The molecule has 2 fully saturated rings. The van der Waals surface area contributed by atoms with E-state index in [0.717, 1.165) is 31.4 Å². The Morgan fingerprint density at radius 3 is 2.53 bits per heavy atom. The highest BCUT2D eigenvalue weighted by molar-refractivity contribution is 6.09. The summed E-state index contributed by atoms with van der Waals surface area (Å²) in [6, 6.07) is 0.155. The second kappa shape index (κ2) is 7.50. The maximum atomic E-state index is 13.0. The molecule has 0 bridgehead atoms. The molecule has 3 aromatic heterocycles. The van der Waals surface area contributed by atoms with Crippen LogP contribution in [0.2, 0.25) is 0 Å². The average molecular weight is 406 g/mol. The van der Waals surface area contributed by atoms with Gasteiger partial charge in [0.05, 0.1) is 30.0 Å². The van der Waals surface area contributed by atoms with Crippen molar-refractivity contribution in [3.05, 3.63) is 48.3 Å². The molecule has 2 amide bonds. The van der Waals surface area contributed by atoms with E-state index in [1.165, 1.54) is 12.6 Å². The van der Waals surface area contributed by atoms with Crippen molar-refractivity contribution in [2.24, 2.45) is 0 Å². The number of carbonyl (C=O) groups is 2. The first-order valence-electron chi connectivity index (χ1n) is 9.63. The van der Waals surface area contributed by atoms with Gasteiger partial charge in [-0.2, -0.15) is 0 Å². The fraction of sp³-hybridized carbons (Fsp3) is 0.316. The van der Waals surface area contributed by atoms with Crippen LogP contribution < -0.4 is 16.0 Å². The Labute approximate surface area is 170 Å². The van der Waals surface area contributed by atoms with Crippen molar-refractivity contribution in [2.45, 2.75) is 37.6 Å². The third kappa shape index (κ3) is 3.95. The van der Waals surface area contributed by atoms with Gasteiger partial charge in [0.25, 0.3) is 11.8 Å². The van der Waals surface area contributed by atoms with E-state index in [1.807, 2.05) is 0 Å². The number of carbonyl (C=O) groups excluding carboxylic acids is 2. The van der Waals surface area contributed by atoms with Gasteiger partial charge < -0.3 is 20.5 Å². The summed E-state index contributed by atoms with van der Waals surface area (Å²) in [7, 11) is 0. The van der Waals surface area contributed by atoms with E-state index in [-0.39, 0.29) is 34.8 Å². The van der Waals surface area contributed by atoms with Gasteiger partial charge in [0.1, 0.15) is 18.3 Å². The minimum Gasteiger partial charge on any atom is -0.362 e. The van der Waals surface area contributed by atoms with Crippen molar-refractivity contribution in [3.63, 3.8) is 0 Å². The molecule has 152 valence electrons. The van der Waals surface area contributed by atoms with Crippen molar-refractivity contribution in [3.8, 4) is 0 Å². The number of hydrogen-bond acceptors (Lipinski definition) is 9. The van der Waals surface area contributed by atoms with E-state index in [1.54, 1.807) is 18.6 Å². The molecule has 30 heavy (non-hydrogen) atoms. The van der Waals surface area contributed by atoms with Gasteiger partial charge in [0.15, 0.2) is 17.2 Å². The third-order valence-corrected chi connectivity index (χ3v) is 4.77. The molecular weight excluding hydrogens is 388 g/mol.